The minimum absolute atomic E-state index is 0.215. The maximum Gasteiger partial charge on any atom is 0.128 e. The Morgan fingerprint density at radius 3 is 2.88 bits per heavy atom. The molecule has 0 aromatic heterocycles. The van der Waals surface area contributed by atoms with Crippen molar-refractivity contribution in [2.24, 2.45) is 5.92 Å². The van der Waals surface area contributed by atoms with E-state index in [1.165, 1.54) is 18.9 Å². The molecule has 3 heteroatoms. The number of nitrogen functional groups attached to an aromatic ring is 1. The molecule has 2 N–H and O–H groups in total. The Hall–Kier alpha value is -1.25. The first-order valence-corrected chi connectivity index (χ1v) is 5.92. The first kappa shape index (κ1) is 11.2. The summed E-state index contributed by atoms with van der Waals surface area (Å²) < 4.78 is 13.3. The van der Waals surface area contributed by atoms with Crippen LogP contribution in [0.3, 0.4) is 0 Å². The molecule has 16 heavy (non-hydrogen) atoms. The van der Waals surface area contributed by atoms with E-state index >= 15 is 0 Å². The standard InChI is InChI=1S/C13H19FN2/c1-3-10-4-5-16(8-10)13-6-9(2)11(14)7-12(13)15/h6-7,10H,3-5,8,15H2,1-2H3. The summed E-state index contributed by atoms with van der Waals surface area (Å²) in [5, 5.41) is 0. The summed E-state index contributed by atoms with van der Waals surface area (Å²) in [6.45, 7) is 6.08. The van der Waals surface area contributed by atoms with Crippen LogP contribution in [-0.4, -0.2) is 13.1 Å². The highest BCUT2D eigenvalue weighted by molar-refractivity contribution is 5.69. The molecule has 0 bridgehead atoms. The molecule has 1 aliphatic rings. The predicted octanol–water partition coefficient (Wildman–Crippen LogP) is 2.95. The van der Waals surface area contributed by atoms with E-state index < -0.39 is 0 Å². The molecular formula is C13H19FN2. The van der Waals surface area contributed by atoms with Crippen LogP contribution in [-0.2, 0) is 0 Å². The molecular weight excluding hydrogens is 203 g/mol. The SMILES string of the molecule is CCC1CCN(c2cc(C)c(F)cc2N)C1. The molecule has 1 heterocycles. The number of halogens is 1. The molecule has 88 valence electrons. The first-order chi connectivity index (χ1) is 7.61. The normalized spacial score (nSPS) is 20.4. The number of benzene rings is 1. The van der Waals surface area contributed by atoms with Gasteiger partial charge >= 0.3 is 0 Å². The summed E-state index contributed by atoms with van der Waals surface area (Å²) in [4.78, 5) is 2.27. The zero-order chi connectivity index (χ0) is 11.7. The van der Waals surface area contributed by atoms with E-state index in [1.807, 2.05) is 6.07 Å². The van der Waals surface area contributed by atoms with Crippen molar-refractivity contribution >= 4 is 11.4 Å². The Kier molecular flexibility index (Phi) is 3.03. The lowest BCUT2D eigenvalue weighted by Gasteiger charge is -2.21. The highest BCUT2D eigenvalue weighted by atomic mass is 19.1. The lowest BCUT2D eigenvalue weighted by Crippen LogP contribution is -2.21. The van der Waals surface area contributed by atoms with Crippen LogP contribution >= 0.6 is 0 Å². The Balaban J connectivity index is 2.24. The van der Waals surface area contributed by atoms with Gasteiger partial charge in [0.1, 0.15) is 5.82 Å². The van der Waals surface area contributed by atoms with E-state index in [9.17, 15) is 4.39 Å². The number of nitrogens with zero attached hydrogens (tertiary/aromatic N) is 1. The van der Waals surface area contributed by atoms with Gasteiger partial charge < -0.3 is 10.6 Å². The second-order valence-corrected chi connectivity index (χ2v) is 4.67. The van der Waals surface area contributed by atoms with Gasteiger partial charge in [-0.2, -0.15) is 0 Å². The van der Waals surface area contributed by atoms with E-state index in [-0.39, 0.29) is 5.82 Å². The molecule has 0 saturated carbocycles. The van der Waals surface area contributed by atoms with Gasteiger partial charge in [0.05, 0.1) is 11.4 Å². The van der Waals surface area contributed by atoms with Gasteiger partial charge in [0, 0.05) is 13.1 Å². The lowest BCUT2D eigenvalue weighted by atomic mass is 10.1. The van der Waals surface area contributed by atoms with E-state index in [2.05, 4.69) is 11.8 Å². The highest BCUT2D eigenvalue weighted by Crippen LogP contribution is 2.31. The Morgan fingerprint density at radius 2 is 2.25 bits per heavy atom. The molecule has 0 amide bonds. The van der Waals surface area contributed by atoms with Crippen molar-refractivity contribution in [1.82, 2.24) is 0 Å². The highest BCUT2D eigenvalue weighted by Gasteiger charge is 2.22. The van der Waals surface area contributed by atoms with Gasteiger partial charge in [-0.15, -0.1) is 0 Å². The molecule has 0 radical (unpaired) electrons. The summed E-state index contributed by atoms with van der Waals surface area (Å²) in [7, 11) is 0. The molecule has 1 aromatic rings. The summed E-state index contributed by atoms with van der Waals surface area (Å²) in [6, 6.07) is 3.30. The maximum absolute atomic E-state index is 13.3. The van der Waals surface area contributed by atoms with Crippen molar-refractivity contribution in [2.75, 3.05) is 23.7 Å². The molecule has 1 unspecified atom stereocenters. The molecule has 0 spiro atoms. The Labute approximate surface area is 96.2 Å². The van der Waals surface area contributed by atoms with Crippen LogP contribution < -0.4 is 10.6 Å². The average molecular weight is 222 g/mol. The fourth-order valence-corrected chi connectivity index (χ4v) is 2.34. The number of aryl methyl sites for hydroxylation is 1. The van der Waals surface area contributed by atoms with Gasteiger partial charge in [0.2, 0.25) is 0 Å². The van der Waals surface area contributed by atoms with Gasteiger partial charge in [0.25, 0.3) is 0 Å². The molecule has 1 saturated heterocycles. The smallest absolute Gasteiger partial charge is 0.128 e. The van der Waals surface area contributed by atoms with Crippen molar-refractivity contribution < 1.29 is 4.39 Å². The van der Waals surface area contributed by atoms with Crippen LogP contribution in [0.15, 0.2) is 12.1 Å². The van der Waals surface area contributed by atoms with Crippen molar-refractivity contribution in [1.29, 1.82) is 0 Å². The second-order valence-electron chi connectivity index (χ2n) is 4.67. The largest absolute Gasteiger partial charge is 0.397 e. The first-order valence-electron chi connectivity index (χ1n) is 5.92. The van der Waals surface area contributed by atoms with Crippen molar-refractivity contribution in [3.63, 3.8) is 0 Å². The molecule has 1 atom stereocenters. The Bertz CT molecular complexity index is 390. The summed E-state index contributed by atoms with van der Waals surface area (Å²) in [5.41, 5.74) is 8.10. The van der Waals surface area contributed by atoms with Gasteiger partial charge in [0.15, 0.2) is 0 Å². The number of nitrogens with two attached hydrogens (primary N) is 1. The Morgan fingerprint density at radius 1 is 1.50 bits per heavy atom. The van der Waals surface area contributed by atoms with Gasteiger partial charge in [-0.25, -0.2) is 4.39 Å². The van der Waals surface area contributed by atoms with E-state index in [1.54, 1.807) is 6.92 Å². The number of anilines is 2. The molecule has 1 aliphatic heterocycles. The average Bonchev–Trinajstić information content (AvgIpc) is 2.71. The molecule has 2 rings (SSSR count). The fraction of sp³-hybridized carbons (Fsp3) is 0.538. The molecule has 2 nitrogen and oxygen atoms in total. The van der Waals surface area contributed by atoms with Crippen molar-refractivity contribution in [3.05, 3.63) is 23.5 Å². The lowest BCUT2D eigenvalue weighted by molar-refractivity contribution is 0.569. The third-order valence-corrected chi connectivity index (χ3v) is 3.51. The van der Waals surface area contributed by atoms with Crippen LogP contribution in [0.2, 0.25) is 0 Å². The third-order valence-electron chi connectivity index (χ3n) is 3.51. The summed E-state index contributed by atoms with van der Waals surface area (Å²) in [5.74, 6) is 0.539. The quantitative estimate of drug-likeness (QED) is 0.779. The van der Waals surface area contributed by atoms with E-state index in [4.69, 9.17) is 5.73 Å². The van der Waals surface area contributed by atoms with Gasteiger partial charge in [-0.1, -0.05) is 13.3 Å². The third kappa shape index (κ3) is 1.99. The van der Waals surface area contributed by atoms with E-state index in [0.717, 1.165) is 24.7 Å². The zero-order valence-corrected chi connectivity index (χ0v) is 9.96. The maximum atomic E-state index is 13.3. The number of rotatable bonds is 2. The predicted molar refractivity (Wildman–Crippen MR) is 66.2 cm³/mol. The number of hydrogen-bond acceptors (Lipinski definition) is 2. The van der Waals surface area contributed by atoms with Crippen LogP contribution in [0.25, 0.3) is 0 Å². The molecule has 0 aliphatic carbocycles. The van der Waals surface area contributed by atoms with Crippen LogP contribution in [0.1, 0.15) is 25.3 Å². The monoisotopic (exact) mass is 222 g/mol. The van der Waals surface area contributed by atoms with Crippen molar-refractivity contribution in [3.8, 4) is 0 Å². The van der Waals surface area contributed by atoms with Gasteiger partial charge in [-0.3, -0.25) is 0 Å². The second kappa shape index (κ2) is 4.32. The summed E-state index contributed by atoms with van der Waals surface area (Å²) in [6.07, 6.45) is 2.42. The zero-order valence-electron chi connectivity index (χ0n) is 9.96. The topological polar surface area (TPSA) is 29.3 Å². The minimum atomic E-state index is -0.215. The van der Waals surface area contributed by atoms with Crippen LogP contribution in [0.4, 0.5) is 15.8 Å². The van der Waals surface area contributed by atoms with Gasteiger partial charge in [-0.05, 0) is 37.0 Å². The van der Waals surface area contributed by atoms with Crippen LogP contribution in [0, 0.1) is 18.7 Å². The molecule has 1 aromatic carbocycles. The minimum Gasteiger partial charge on any atom is -0.397 e. The number of hydrogen-bond donors (Lipinski definition) is 1. The molecule has 1 fully saturated rings. The van der Waals surface area contributed by atoms with E-state index in [0.29, 0.717) is 11.3 Å². The van der Waals surface area contributed by atoms with Crippen molar-refractivity contribution in [2.45, 2.75) is 26.7 Å². The fourth-order valence-electron chi connectivity index (χ4n) is 2.34. The summed E-state index contributed by atoms with van der Waals surface area (Å²) >= 11 is 0. The van der Waals surface area contributed by atoms with Crippen LogP contribution in [0.5, 0.6) is 0 Å².